The van der Waals surface area contributed by atoms with E-state index in [1.54, 1.807) is 0 Å². The van der Waals surface area contributed by atoms with E-state index < -0.39 is 6.43 Å². The molecule has 1 aromatic heterocycles. The monoisotopic (exact) mass is 295 g/mol. The Morgan fingerprint density at radius 1 is 1.14 bits per heavy atom. The van der Waals surface area contributed by atoms with Gasteiger partial charge in [-0.1, -0.05) is 6.92 Å². The highest BCUT2D eigenvalue weighted by atomic mass is 19.3. The van der Waals surface area contributed by atoms with E-state index in [1.807, 2.05) is 13.8 Å². The molecule has 0 fully saturated rings. The second kappa shape index (κ2) is 6.56. The van der Waals surface area contributed by atoms with Crippen molar-refractivity contribution in [1.82, 2.24) is 9.97 Å². The second-order valence-electron chi connectivity index (χ2n) is 4.76. The largest absolute Gasteiger partial charge is 0.352 e. The fraction of sp³-hybridized carbons (Fsp3) is 0.333. The van der Waals surface area contributed by atoms with Crippen molar-refractivity contribution in [2.45, 2.75) is 32.7 Å². The Kier molecular flexibility index (Phi) is 4.77. The van der Waals surface area contributed by atoms with Crippen molar-refractivity contribution in [2.75, 3.05) is 5.32 Å². The molecule has 0 aliphatic heterocycles. The lowest BCUT2D eigenvalue weighted by molar-refractivity contribution is 0.146. The number of benzene rings is 1. The second-order valence-corrected chi connectivity index (χ2v) is 4.76. The first kappa shape index (κ1) is 15.3. The van der Waals surface area contributed by atoms with E-state index >= 15 is 0 Å². The standard InChI is InChI=1S/C15H16F3N3/c1-3-9(2)19-15-20-12(8-13(21-15)14(17)18)10-4-6-11(16)7-5-10/h4-9,14H,3H2,1-2H3,(H,19,20,21). The fourth-order valence-electron chi connectivity index (χ4n) is 1.73. The van der Waals surface area contributed by atoms with E-state index in [0.29, 0.717) is 11.3 Å². The molecular weight excluding hydrogens is 279 g/mol. The summed E-state index contributed by atoms with van der Waals surface area (Å²) < 4.78 is 38.8. The minimum absolute atomic E-state index is 0.0685. The first-order valence-electron chi connectivity index (χ1n) is 6.69. The van der Waals surface area contributed by atoms with E-state index in [9.17, 15) is 13.2 Å². The molecule has 1 heterocycles. The highest BCUT2D eigenvalue weighted by Gasteiger charge is 2.15. The van der Waals surface area contributed by atoms with E-state index in [4.69, 9.17) is 0 Å². The van der Waals surface area contributed by atoms with Crippen LogP contribution in [0.1, 0.15) is 32.4 Å². The predicted molar refractivity (Wildman–Crippen MR) is 75.8 cm³/mol. The van der Waals surface area contributed by atoms with E-state index in [1.165, 1.54) is 30.3 Å². The Bertz CT molecular complexity index is 600. The van der Waals surface area contributed by atoms with Crippen molar-refractivity contribution in [1.29, 1.82) is 0 Å². The Morgan fingerprint density at radius 2 is 1.81 bits per heavy atom. The summed E-state index contributed by atoms with van der Waals surface area (Å²) in [7, 11) is 0. The van der Waals surface area contributed by atoms with Crippen LogP contribution in [0, 0.1) is 5.82 Å². The first-order chi connectivity index (χ1) is 9.99. The van der Waals surface area contributed by atoms with E-state index in [0.717, 1.165) is 6.42 Å². The van der Waals surface area contributed by atoms with Crippen LogP contribution in [0.4, 0.5) is 19.1 Å². The van der Waals surface area contributed by atoms with Gasteiger partial charge in [0.2, 0.25) is 5.95 Å². The summed E-state index contributed by atoms with van der Waals surface area (Å²) in [5.74, 6) is -0.235. The van der Waals surface area contributed by atoms with Crippen LogP contribution in [-0.2, 0) is 0 Å². The summed E-state index contributed by atoms with van der Waals surface area (Å²) in [4.78, 5) is 8.04. The average Bonchev–Trinajstić information content (AvgIpc) is 2.47. The van der Waals surface area contributed by atoms with Gasteiger partial charge in [0.15, 0.2) is 0 Å². The molecule has 1 unspecified atom stereocenters. The quantitative estimate of drug-likeness (QED) is 0.886. The van der Waals surface area contributed by atoms with Crippen LogP contribution in [0.2, 0.25) is 0 Å². The number of hydrogen-bond acceptors (Lipinski definition) is 3. The van der Waals surface area contributed by atoms with Crippen molar-refractivity contribution in [3.8, 4) is 11.3 Å². The predicted octanol–water partition coefficient (Wildman–Crippen LogP) is 4.43. The van der Waals surface area contributed by atoms with Gasteiger partial charge in [0.25, 0.3) is 6.43 Å². The van der Waals surface area contributed by atoms with Crippen LogP contribution < -0.4 is 5.32 Å². The number of rotatable bonds is 5. The molecule has 0 spiro atoms. The summed E-state index contributed by atoms with van der Waals surface area (Å²) in [5.41, 5.74) is 0.550. The van der Waals surface area contributed by atoms with Gasteiger partial charge in [-0.2, -0.15) is 0 Å². The number of nitrogens with one attached hydrogen (secondary N) is 1. The molecule has 0 saturated heterocycles. The Morgan fingerprint density at radius 3 is 2.38 bits per heavy atom. The van der Waals surface area contributed by atoms with Crippen LogP contribution in [0.15, 0.2) is 30.3 Å². The Labute approximate surface area is 121 Å². The fourth-order valence-corrected chi connectivity index (χ4v) is 1.73. The van der Waals surface area contributed by atoms with E-state index in [2.05, 4.69) is 15.3 Å². The van der Waals surface area contributed by atoms with Crippen molar-refractivity contribution in [3.63, 3.8) is 0 Å². The molecule has 0 aliphatic carbocycles. The first-order valence-corrected chi connectivity index (χ1v) is 6.69. The van der Waals surface area contributed by atoms with Crippen LogP contribution in [0.25, 0.3) is 11.3 Å². The molecule has 1 N–H and O–H groups in total. The van der Waals surface area contributed by atoms with Crippen molar-refractivity contribution in [3.05, 3.63) is 41.8 Å². The molecule has 0 bridgehead atoms. The summed E-state index contributed by atoms with van der Waals surface area (Å²) in [6.45, 7) is 3.88. The number of anilines is 1. The van der Waals surface area contributed by atoms with Crippen molar-refractivity contribution in [2.24, 2.45) is 0 Å². The lowest BCUT2D eigenvalue weighted by atomic mass is 10.1. The lowest BCUT2D eigenvalue weighted by Gasteiger charge is -2.13. The number of halogens is 3. The molecular formula is C15H16F3N3. The Hall–Kier alpha value is -2.11. The number of aromatic nitrogens is 2. The van der Waals surface area contributed by atoms with Crippen LogP contribution in [0.3, 0.4) is 0 Å². The Balaban J connectivity index is 2.42. The zero-order chi connectivity index (χ0) is 15.4. The molecule has 21 heavy (non-hydrogen) atoms. The maximum atomic E-state index is 12.9. The molecule has 0 saturated carbocycles. The summed E-state index contributed by atoms with van der Waals surface area (Å²) in [6.07, 6.45) is -1.88. The van der Waals surface area contributed by atoms with Gasteiger partial charge in [-0.3, -0.25) is 0 Å². The average molecular weight is 295 g/mol. The highest BCUT2D eigenvalue weighted by Crippen LogP contribution is 2.25. The summed E-state index contributed by atoms with van der Waals surface area (Å²) in [5, 5.41) is 2.98. The summed E-state index contributed by atoms with van der Waals surface area (Å²) >= 11 is 0. The topological polar surface area (TPSA) is 37.8 Å². The van der Waals surface area contributed by atoms with Gasteiger partial charge in [-0.05, 0) is 43.7 Å². The smallest absolute Gasteiger partial charge is 0.280 e. The van der Waals surface area contributed by atoms with Gasteiger partial charge < -0.3 is 5.32 Å². The molecule has 0 radical (unpaired) electrons. The number of nitrogens with zero attached hydrogens (tertiary/aromatic N) is 2. The minimum Gasteiger partial charge on any atom is -0.352 e. The van der Waals surface area contributed by atoms with Gasteiger partial charge in [0, 0.05) is 11.6 Å². The van der Waals surface area contributed by atoms with Crippen molar-refractivity contribution >= 4 is 5.95 Å². The minimum atomic E-state index is -2.69. The summed E-state index contributed by atoms with van der Waals surface area (Å²) in [6, 6.07) is 6.82. The number of alkyl halides is 2. The van der Waals surface area contributed by atoms with Gasteiger partial charge in [-0.25, -0.2) is 23.1 Å². The third-order valence-corrected chi connectivity index (χ3v) is 3.10. The maximum Gasteiger partial charge on any atom is 0.280 e. The van der Waals surface area contributed by atoms with Crippen molar-refractivity contribution < 1.29 is 13.2 Å². The molecule has 6 heteroatoms. The highest BCUT2D eigenvalue weighted by molar-refractivity contribution is 5.60. The third kappa shape index (κ3) is 3.93. The molecule has 0 aliphatic rings. The molecule has 3 nitrogen and oxygen atoms in total. The van der Waals surface area contributed by atoms with Crippen LogP contribution in [0.5, 0.6) is 0 Å². The SMILES string of the molecule is CCC(C)Nc1nc(-c2ccc(F)cc2)cc(C(F)F)n1. The van der Waals surface area contributed by atoms with Gasteiger partial charge >= 0.3 is 0 Å². The molecule has 2 rings (SSSR count). The normalized spacial score (nSPS) is 12.5. The van der Waals surface area contributed by atoms with Crippen LogP contribution >= 0.6 is 0 Å². The third-order valence-electron chi connectivity index (χ3n) is 3.10. The maximum absolute atomic E-state index is 12.9. The lowest BCUT2D eigenvalue weighted by Crippen LogP contribution is -2.16. The zero-order valence-corrected chi connectivity index (χ0v) is 11.8. The molecule has 1 atom stereocenters. The van der Waals surface area contributed by atoms with E-state index in [-0.39, 0.29) is 23.5 Å². The zero-order valence-electron chi connectivity index (χ0n) is 11.8. The van der Waals surface area contributed by atoms with Gasteiger partial charge in [-0.15, -0.1) is 0 Å². The molecule has 0 amide bonds. The number of hydrogen-bond donors (Lipinski definition) is 1. The molecule has 1 aromatic carbocycles. The molecule has 112 valence electrons. The van der Waals surface area contributed by atoms with Gasteiger partial charge in [0.1, 0.15) is 11.5 Å². The van der Waals surface area contributed by atoms with Crippen LogP contribution in [-0.4, -0.2) is 16.0 Å². The molecule has 2 aromatic rings. The van der Waals surface area contributed by atoms with Gasteiger partial charge in [0.05, 0.1) is 5.69 Å².